The number of imide groups is 1. The summed E-state index contributed by atoms with van der Waals surface area (Å²) in [6.07, 6.45) is 3.57. The maximum Gasteiger partial charge on any atom is 0.328 e. The number of piperidine rings is 1. The number of rotatable bonds is 6. The summed E-state index contributed by atoms with van der Waals surface area (Å²) in [7, 11) is 2.83. The Bertz CT molecular complexity index is 573. The second-order valence-electron chi connectivity index (χ2n) is 7.31. The first-order chi connectivity index (χ1) is 13.0. The first kappa shape index (κ1) is 20.4. The van der Waals surface area contributed by atoms with Crippen molar-refractivity contribution in [2.45, 2.75) is 37.3 Å². The van der Waals surface area contributed by atoms with E-state index in [1.54, 1.807) is 12.0 Å². The number of ether oxygens (including phenoxy) is 2. The van der Waals surface area contributed by atoms with E-state index in [1.807, 2.05) is 11.8 Å². The van der Waals surface area contributed by atoms with E-state index in [-0.39, 0.29) is 12.5 Å². The number of hydrogen-bond acceptors (Lipinski definition) is 7. The number of carbonyl (C=O) groups is 3. The summed E-state index contributed by atoms with van der Waals surface area (Å²) >= 11 is 2.00. The van der Waals surface area contributed by atoms with Crippen LogP contribution < -0.4 is 0 Å². The highest BCUT2D eigenvalue weighted by Crippen LogP contribution is 2.38. The maximum absolute atomic E-state index is 13.2. The molecule has 152 valence electrons. The predicted molar refractivity (Wildman–Crippen MR) is 102 cm³/mol. The Kier molecular flexibility index (Phi) is 6.65. The zero-order chi connectivity index (χ0) is 19.4. The van der Waals surface area contributed by atoms with Crippen molar-refractivity contribution < 1.29 is 23.9 Å². The second kappa shape index (κ2) is 8.79. The van der Waals surface area contributed by atoms with E-state index in [2.05, 4.69) is 9.64 Å². The Morgan fingerprint density at radius 3 is 2.44 bits per heavy atom. The molecule has 0 N–H and O–H groups in total. The van der Waals surface area contributed by atoms with Crippen molar-refractivity contribution in [3.05, 3.63) is 0 Å². The van der Waals surface area contributed by atoms with Crippen molar-refractivity contribution in [3.63, 3.8) is 0 Å². The first-order valence-electron chi connectivity index (χ1n) is 9.54. The van der Waals surface area contributed by atoms with Crippen LogP contribution in [0.5, 0.6) is 0 Å². The quantitative estimate of drug-likeness (QED) is 0.483. The average Bonchev–Trinajstić information content (AvgIpc) is 2.89. The molecule has 0 aromatic carbocycles. The maximum atomic E-state index is 13.2. The van der Waals surface area contributed by atoms with Gasteiger partial charge in [-0.3, -0.25) is 14.5 Å². The van der Waals surface area contributed by atoms with E-state index < -0.39 is 17.5 Å². The first-order valence-corrected chi connectivity index (χ1v) is 10.7. The van der Waals surface area contributed by atoms with Gasteiger partial charge in [-0.1, -0.05) is 0 Å². The van der Waals surface area contributed by atoms with Crippen molar-refractivity contribution in [1.82, 2.24) is 14.7 Å². The highest BCUT2D eigenvalue weighted by Gasteiger charge is 2.58. The zero-order valence-corrected chi connectivity index (χ0v) is 17.0. The number of likely N-dealkylation sites (tertiary alicyclic amines) is 1. The molecule has 8 nitrogen and oxygen atoms in total. The van der Waals surface area contributed by atoms with Gasteiger partial charge in [-0.15, -0.1) is 0 Å². The monoisotopic (exact) mass is 399 g/mol. The SMILES string of the molecule is COCCN1C(=O)N(CC(=O)OC)C(=O)C12CCN(C1CCSCC1)CC2. The van der Waals surface area contributed by atoms with E-state index in [9.17, 15) is 14.4 Å². The molecule has 0 unspecified atom stereocenters. The third kappa shape index (κ3) is 3.95. The number of amides is 3. The molecule has 3 aliphatic heterocycles. The van der Waals surface area contributed by atoms with Crippen LogP contribution in [-0.2, 0) is 19.1 Å². The molecule has 27 heavy (non-hydrogen) atoms. The number of esters is 1. The summed E-state index contributed by atoms with van der Waals surface area (Å²) < 4.78 is 9.81. The molecule has 3 saturated heterocycles. The van der Waals surface area contributed by atoms with Crippen LogP contribution in [-0.4, -0.2) is 103 Å². The van der Waals surface area contributed by atoms with Crippen LogP contribution in [0.2, 0.25) is 0 Å². The molecule has 0 aromatic rings. The molecule has 0 atom stereocenters. The van der Waals surface area contributed by atoms with Crippen molar-refractivity contribution in [3.8, 4) is 0 Å². The van der Waals surface area contributed by atoms with Crippen LogP contribution in [0.3, 0.4) is 0 Å². The fourth-order valence-corrected chi connectivity index (χ4v) is 5.48. The Balaban J connectivity index is 1.75. The highest BCUT2D eigenvalue weighted by molar-refractivity contribution is 7.99. The topological polar surface area (TPSA) is 79.4 Å². The molecule has 3 aliphatic rings. The molecular formula is C18H29N3O5S. The average molecular weight is 400 g/mol. The largest absolute Gasteiger partial charge is 0.468 e. The van der Waals surface area contributed by atoms with Crippen LogP contribution in [0.25, 0.3) is 0 Å². The number of carbonyl (C=O) groups excluding carboxylic acids is 3. The van der Waals surface area contributed by atoms with E-state index in [0.29, 0.717) is 32.0 Å². The summed E-state index contributed by atoms with van der Waals surface area (Å²) in [5.41, 5.74) is -0.858. The lowest BCUT2D eigenvalue weighted by molar-refractivity contribution is -0.146. The highest BCUT2D eigenvalue weighted by atomic mass is 32.2. The number of methoxy groups -OCH3 is 2. The summed E-state index contributed by atoms with van der Waals surface area (Å²) in [6.45, 7) is 1.96. The van der Waals surface area contributed by atoms with Crippen LogP contribution in [0, 0.1) is 0 Å². The zero-order valence-electron chi connectivity index (χ0n) is 16.1. The standard InChI is InChI=1S/C18H29N3O5S/c1-25-10-9-21-17(24)20(13-15(22)26-2)16(23)18(21)5-7-19(8-6-18)14-3-11-27-12-4-14/h14H,3-13H2,1-2H3. The molecule has 0 saturated carbocycles. The summed E-state index contributed by atoms with van der Waals surface area (Å²) in [4.78, 5) is 42.9. The summed E-state index contributed by atoms with van der Waals surface area (Å²) in [5, 5.41) is 0. The Hall–Kier alpha value is -1.32. The van der Waals surface area contributed by atoms with Crippen molar-refractivity contribution in [2.24, 2.45) is 0 Å². The smallest absolute Gasteiger partial charge is 0.328 e. The van der Waals surface area contributed by atoms with Gasteiger partial charge in [-0.25, -0.2) is 4.79 Å². The van der Waals surface area contributed by atoms with Crippen LogP contribution in [0.4, 0.5) is 4.79 Å². The minimum atomic E-state index is -0.858. The van der Waals surface area contributed by atoms with Gasteiger partial charge < -0.3 is 19.3 Å². The van der Waals surface area contributed by atoms with Gasteiger partial charge in [0.05, 0.1) is 13.7 Å². The molecule has 3 fully saturated rings. The summed E-state index contributed by atoms with van der Waals surface area (Å²) in [6, 6.07) is 0.166. The number of thioether (sulfide) groups is 1. The molecule has 0 aromatic heterocycles. The Morgan fingerprint density at radius 2 is 1.85 bits per heavy atom. The fourth-order valence-electron chi connectivity index (χ4n) is 4.40. The van der Waals surface area contributed by atoms with Gasteiger partial charge >= 0.3 is 12.0 Å². The van der Waals surface area contributed by atoms with Gasteiger partial charge in [0.15, 0.2) is 0 Å². The molecule has 3 heterocycles. The number of hydrogen-bond donors (Lipinski definition) is 0. The Morgan fingerprint density at radius 1 is 1.19 bits per heavy atom. The normalized spacial score (nSPS) is 24.1. The van der Waals surface area contributed by atoms with Gasteiger partial charge in [0.2, 0.25) is 0 Å². The third-order valence-corrected chi connectivity index (χ3v) is 7.04. The lowest BCUT2D eigenvalue weighted by Crippen LogP contribution is -2.58. The number of nitrogens with zero attached hydrogens (tertiary/aromatic N) is 3. The Labute approximate surface area is 164 Å². The molecule has 3 rings (SSSR count). The molecule has 9 heteroatoms. The predicted octanol–water partition coefficient (Wildman–Crippen LogP) is 0.800. The van der Waals surface area contributed by atoms with Gasteiger partial charge in [0.25, 0.3) is 5.91 Å². The van der Waals surface area contributed by atoms with Crippen molar-refractivity contribution >= 4 is 29.7 Å². The lowest BCUT2D eigenvalue weighted by atomic mass is 9.85. The van der Waals surface area contributed by atoms with Crippen LogP contribution in [0.15, 0.2) is 0 Å². The minimum absolute atomic E-state index is 0.271. The van der Waals surface area contributed by atoms with Gasteiger partial charge in [0, 0.05) is 32.8 Å². The lowest BCUT2D eigenvalue weighted by Gasteiger charge is -2.45. The molecule has 0 radical (unpaired) electrons. The summed E-state index contributed by atoms with van der Waals surface area (Å²) in [5.74, 6) is 1.53. The minimum Gasteiger partial charge on any atom is -0.468 e. The fraction of sp³-hybridized carbons (Fsp3) is 0.833. The molecule has 3 amide bonds. The van der Waals surface area contributed by atoms with Crippen molar-refractivity contribution in [1.29, 1.82) is 0 Å². The third-order valence-electron chi connectivity index (χ3n) is 5.99. The second-order valence-corrected chi connectivity index (χ2v) is 8.53. The van der Waals surface area contributed by atoms with Gasteiger partial charge in [0.1, 0.15) is 12.1 Å². The molecular weight excluding hydrogens is 370 g/mol. The van der Waals surface area contributed by atoms with Crippen LogP contribution in [0.1, 0.15) is 25.7 Å². The molecule has 1 spiro atoms. The van der Waals surface area contributed by atoms with E-state index in [0.717, 1.165) is 18.0 Å². The van der Waals surface area contributed by atoms with E-state index in [4.69, 9.17) is 4.74 Å². The van der Waals surface area contributed by atoms with E-state index >= 15 is 0 Å². The number of urea groups is 1. The van der Waals surface area contributed by atoms with Gasteiger partial charge in [-0.2, -0.15) is 11.8 Å². The molecule has 0 aliphatic carbocycles. The van der Waals surface area contributed by atoms with Crippen molar-refractivity contribution in [2.75, 3.05) is 58.5 Å². The molecule has 0 bridgehead atoms. The van der Waals surface area contributed by atoms with Crippen LogP contribution >= 0.6 is 11.8 Å². The van der Waals surface area contributed by atoms with E-state index in [1.165, 1.54) is 31.5 Å². The van der Waals surface area contributed by atoms with Gasteiger partial charge in [-0.05, 0) is 37.2 Å².